The van der Waals surface area contributed by atoms with E-state index in [4.69, 9.17) is 11.6 Å². The van der Waals surface area contributed by atoms with Crippen LogP contribution in [0, 0.1) is 10.1 Å². The topological polar surface area (TPSA) is 95.7 Å². The van der Waals surface area contributed by atoms with Crippen molar-refractivity contribution in [1.82, 2.24) is 0 Å². The molecule has 1 aromatic carbocycles. The van der Waals surface area contributed by atoms with Crippen molar-refractivity contribution in [1.29, 1.82) is 0 Å². The number of halogens is 1. The number of carbonyl (C=O) groups excluding carboxylic acids is 2. The van der Waals surface area contributed by atoms with E-state index < -0.39 is 22.0 Å². The second kappa shape index (κ2) is 5.97. The van der Waals surface area contributed by atoms with E-state index in [1.165, 1.54) is 6.07 Å². The summed E-state index contributed by atoms with van der Waals surface area (Å²) in [5, 5.41) is 9.91. The molecule has 0 heterocycles. The second-order valence-corrected chi connectivity index (χ2v) is 3.34. The van der Waals surface area contributed by atoms with Crippen LogP contribution in [0.25, 0.3) is 0 Å². The molecule has 0 fully saturated rings. The molecule has 1 rings (SSSR count). The predicted octanol–water partition coefficient (Wildman–Crippen LogP) is 2.51. The highest BCUT2D eigenvalue weighted by Gasteiger charge is 2.20. The van der Waals surface area contributed by atoms with Crippen LogP contribution in [0.15, 0.2) is 18.2 Å². The summed E-state index contributed by atoms with van der Waals surface area (Å²) in [7, 11) is 0. The normalized spacial score (nSPS) is 9.67. The molecule has 0 aliphatic heterocycles. The van der Waals surface area contributed by atoms with Gasteiger partial charge in [-0.1, -0.05) is 0 Å². The predicted molar refractivity (Wildman–Crippen MR) is 60.9 cm³/mol. The Hall–Kier alpha value is -2.15. The summed E-state index contributed by atoms with van der Waals surface area (Å²) in [4.78, 5) is 31.9. The lowest BCUT2D eigenvalue weighted by molar-refractivity contribution is -0.385. The Morgan fingerprint density at radius 3 is 2.61 bits per heavy atom. The number of ether oxygens (including phenoxy) is 2. The molecule has 0 unspecified atom stereocenters. The van der Waals surface area contributed by atoms with Crippen LogP contribution >= 0.6 is 11.6 Å². The maximum absolute atomic E-state index is 11.0. The molecule has 0 aliphatic rings. The third-order valence-corrected chi connectivity index (χ3v) is 2.06. The van der Waals surface area contributed by atoms with Gasteiger partial charge in [0.2, 0.25) is 5.75 Å². The quantitative estimate of drug-likeness (QED) is 0.275. The molecular formula is C10H8ClNO6. The summed E-state index contributed by atoms with van der Waals surface area (Å²) in [6, 6.07) is 3.23. The lowest BCUT2D eigenvalue weighted by Crippen LogP contribution is -2.11. The van der Waals surface area contributed by atoms with Gasteiger partial charge in [-0.2, -0.15) is 0 Å². The molecule has 0 spiro atoms. The maximum Gasteiger partial charge on any atom is 0.514 e. The van der Waals surface area contributed by atoms with Crippen LogP contribution in [-0.2, 0) is 4.74 Å². The minimum absolute atomic E-state index is 0.0698. The van der Waals surface area contributed by atoms with Crippen molar-refractivity contribution in [3.8, 4) is 5.75 Å². The highest BCUT2D eigenvalue weighted by molar-refractivity contribution is 6.67. The third kappa shape index (κ3) is 3.42. The molecule has 8 heteroatoms. The molecule has 0 bridgehead atoms. The molecule has 0 atom stereocenters. The van der Waals surface area contributed by atoms with Crippen molar-refractivity contribution in [3.63, 3.8) is 0 Å². The fourth-order valence-electron chi connectivity index (χ4n) is 1.11. The molecule has 96 valence electrons. The number of carbonyl (C=O) groups is 2. The first-order valence-electron chi connectivity index (χ1n) is 4.78. The van der Waals surface area contributed by atoms with Crippen LogP contribution in [0.1, 0.15) is 17.3 Å². The fourth-order valence-corrected chi connectivity index (χ4v) is 1.22. The number of rotatable bonds is 4. The van der Waals surface area contributed by atoms with Gasteiger partial charge in [-0.3, -0.25) is 14.9 Å². The van der Waals surface area contributed by atoms with Gasteiger partial charge in [0.15, 0.2) is 0 Å². The van der Waals surface area contributed by atoms with E-state index in [1.54, 1.807) is 6.92 Å². The zero-order valence-electron chi connectivity index (χ0n) is 9.21. The number of nitrogens with zero attached hydrogens (tertiary/aromatic N) is 1. The van der Waals surface area contributed by atoms with Crippen LogP contribution in [0.5, 0.6) is 5.75 Å². The highest BCUT2D eigenvalue weighted by Crippen LogP contribution is 2.28. The van der Waals surface area contributed by atoms with Crippen molar-refractivity contribution in [2.45, 2.75) is 6.92 Å². The molecule has 1 aromatic rings. The minimum atomic E-state index is -1.06. The Morgan fingerprint density at radius 2 is 2.11 bits per heavy atom. The van der Waals surface area contributed by atoms with Crippen LogP contribution in [0.4, 0.5) is 10.5 Å². The molecule has 0 aromatic heterocycles. The zero-order valence-corrected chi connectivity index (χ0v) is 9.97. The third-order valence-electron chi connectivity index (χ3n) is 1.84. The van der Waals surface area contributed by atoms with E-state index in [2.05, 4.69) is 9.47 Å². The first-order valence-corrected chi connectivity index (χ1v) is 5.16. The van der Waals surface area contributed by atoms with Gasteiger partial charge in [-0.25, -0.2) is 4.79 Å². The molecule has 0 saturated carbocycles. The largest absolute Gasteiger partial charge is 0.514 e. The monoisotopic (exact) mass is 273 g/mol. The maximum atomic E-state index is 11.0. The summed E-state index contributed by atoms with van der Waals surface area (Å²) >= 11 is 5.19. The standard InChI is InChI=1S/C10H8ClNO6/c1-2-17-10(14)18-8-4-3-6(9(11)13)5-7(8)12(15)16/h3-5H,2H2,1H3. The van der Waals surface area contributed by atoms with Gasteiger partial charge in [0.1, 0.15) is 0 Å². The van der Waals surface area contributed by atoms with Crippen molar-refractivity contribution >= 4 is 28.7 Å². The molecule has 18 heavy (non-hydrogen) atoms. The van der Waals surface area contributed by atoms with Gasteiger partial charge in [0.25, 0.3) is 5.24 Å². The van der Waals surface area contributed by atoms with Crippen molar-refractivity contribution in [2.24, 2.45) is 0 Å². The molecule has 7 nitrogen and oxygen atoms in total. The summed E-state index contributed by atoms with van der Waals surface area (Å²) < 4.78 is 9.11. The summed E-state index contributed by atoms with van der Waals surface area (Å²) in [5.74, 6) is -0.319. The number of nitro groups is 1. The van der Waals surface area contributed by atoms with Gasteiger partial charge in [-0.05, 0) is 30.7 Å². The van der Waals surface area contributed by atoms with Crippen LogP contribution in [-0.4, -0.2) is 22.9 Å². The van der Waals surface area contributed by atoms with Gasteiger partial charge in [0, 0.05) is 11.6 Å². The Kier molecular flexibility index (Phi) is 4.61. The lowest BCUT2D eigenvalue weighted by Gasteiger charge is -2.05. The van der Waals surface area contributed by atoms with E-state index in [9.17, 15) is 19.7 Å². The molecule has 0 aliphatic carbocycles. The number of hydrogen-bond donors (Lipinski definition) is 0. The number of hydrogen-bond acceptors (Lipinski definition) is 6. The van der Waals surface area contributed by atoms with Gasteiger partial charge < -0.3 is 9.47 Å². The first kappa shape index (κ1) is 13.9. The second-order valence-electron chi connectivity index (χ2n) is 3.00. The summed E-state index contributed by atoms with van der Waals surface area (Å²) in [6.07, 6.45) is -1.06. The SMILES string of the molecule is CCOC(=O)Oc1ccc(C(=O)Cl)cc1[N+](=O)[O-]. The molecule has 0 saturated heterocycles. The van der Waals surface area contributed by atoms with Crippen molar-refractivity contribution < 1.29 is 24.0 Å². The first-order chi connectivity index (χ1) is 8.45. The smallest absolute Gasteiger partial charge is 0.434 e. The minimum Gasteiger partial charge on any atom is -0.434 e. The number of benzene rings is 1. The van der Waals surface area contributed by atoms with E-state index in [0.29, 0.717) is 0 Å². The van der Waals surface area contributed by atoms with E-state index >= 15 is 0 Å². The van der Waals surface area contributed by atoms with Gasteiger partial charge in [0.05, 0.1) is 11.5 Å². The van der Waals surface area contributed by atoms with Gasteiger partial charge >= 0.3 is 11.8 Å². The Labute approximate surface area is 106 Å². The van der Waals surface area contributed by atoms with Crippen molar-refractivity contribution in [2.75, 3.05) is 6.61 Å². The van der Waals surface area contributed by atoms with Crippen molar-refractivity contribution in [3.05, 3.63) is 33.9 Å². The summed E-state index contributed by atoms with van der Waals surface area (Å²) in [5.41, 5.74) is -0.617. The van der Waals surface area contributed by atoms with E-state index in [0.717, 1.165) is 12.1 Å². The Bertz CT molecular complexity index is 501. The Morgan fingerprint density at radius 1 is 1.44 bits per heavy atom. The Balaban J connectivity index is 3.08. The molecular weight excluding hydrogens is 266 g/mol. The van der Waals surface area contributed by atoms with E-state index in [1.807, 2.05) is 0 Å². The van der Waals surface area contributed by atoms with E-state index in [-0.39, 0.29) is 17.9 Å². The number of nitro benzene ring substituents is 1. The highest BCUT2D eigenvalue weighted by atomic mass is 35.5. The average molecular weight is 274 g/mol. The molecule has 0 N–H and O–H groups in total. The van der Waals surface area contributed by atoms with Crippen LogP contribution in [0.2, 0.25) is 0 Å². The molecule has 0 amide bonds. The molecule has 0 radical (unpaired) electrons. The zero-order chi connectivity index (χ0) is 13.7. The lowest BCUT2D eigenvalue weighted by atomic mass is 10.2. The average Bonchev–Trinajstić information content (AvgIpc) is 2.29. The fraction of sp³-hybridized carbons (Fsp3) is 0.200. The van der Waals surface area contributed by atoms with Crippen LogP contribution < -0.4 is 4.74 Å². The summed E-state index contributed by atoms with van der Waals surface area (Å²) in [6.45, 7) is 1.63. The van der Waals surface area contributed by atoms with Gasteiger partial charge in [-0.15, -0.1) is 0 Å². The van der Waals surface area contributed by atoms with Crippen LogP contribution in [0.3, 0.4) is 0 Å².